The Morgan fingerprint density at radius 2 is 2.20 bits per heavy atom. The van der Waals surface area contributed by atoms with E-state index in [1.807, 2.05) is 11.3 Å². The van der Waals surface area contributed by atoms with E-state index in [1.54, 1.807) is 0 Å². The van der Waals surface area contributed by atoms with Gasteiger partial charge in [-0.3, -0.25) is 4.99 Å². The summed E-state index contributed by atoms with van der Waals surface area (Å²) in [5.41, 5.74) is 8.47. The van der Waals surface area contributed by atoms with E-state index in [4.69, 9.17) is 5.73 Å². The third-order valence-electron chi connectivity index (χ3n) is 3.62. The molecule has 1 atom stereocenters. The van der Waals surface area contributed by atoms with E-state index in [2.05, 4.69) is 60.1 Å². The molecule has 1 aromatic carbocycles. The summed E-state index contributed by atoms with van der Waals surface area (Å²) in [6.45, 7) is 5.03. The molecule has 0 aliphatic carbocycles. The number of rotatable bonds is 3. The summed E-state index contributed by atoms with van der Waals surface area (Å²) in [7, 11) is 0. The van der Waals surface area contributed by atoms with Crippen LogP contribution in [0.25, 0.3) is 0 Å². The summed E-state index contributed by atoms with van der Waals surface area (Å²) in [5.74, 6) is 0.618. The van der Waals surface area contributed by atoms with Crippen LogP contribution >= 0.6 is 11.3 Å². The van der Waals surface area contributed by atoms with E-state index in [1.165, 1.54) is 15.3 Å². The van der Waals surface area contributed by atoms with Crippen molar-refractivity contribution in [3.8, 4) is 0 Å². The molecule has 0 saturated heterocycles. The van der Waals surface area contributed by atoms with Gasteiger partial charge in [-0.25, -0.2) is 0 Å². The predicted octanol–water partition coefficient (Wildman–Crippen LogP) is 3.49. The second-order valence-electron chi connectivity index (χ2n) is 5.08. The zero-order chi connectivity index (χ0) is 14.1. The van der Waals surface area contributed by atoms with Crippen LogP contribution in [0.1, 0.15) is 28.3 Å². The predicted molar refractivity (Wildman–Crippen MR) is 86.6 cm³/mol. The monoisotopic (exact) mass is 285 g/mol. The quantitative estimate of drug-likeness (QED) is 0.938. The Bertz CT molecular complexity index is 645. The minimum atomic E-state index is 0.238. The SMILES string of the molecule is CCc1ccc(C2CN=C(N)N2c2cccc(C)c2)s1. The number of nitrogens with zero attached hydrogens (tertiary/aromatic N) is 2. The Hall–Kier alpha value is -1.81. The van der Waals surface area contributed by atoms with Crippen LogP contribution < -0.4 is 10.6 Å². The van der Waals surface area contributed by atoms with E-state index < -0.39 is 0 Å². The molecule has 2 aromatic rings. The lowest BCUT2D eigenvalue weighted by Gasteiger charge is -2.25. The average molecular weight is 285 g/mol. The Balaban J connectivity index is 1.96. The first-order chi connectivity index (χ1) is 9.69. The smallest absolute Gasteiger partial charge is 0.196 e. The van der Waals surface area contributed by atoms with Crippen molar-refractivity contribution in [3.05, 3.63) is 51.7 Å². The van der Waals surface area contributed by atoms with Crippen LogP contribution in [0.3, 0.4) is 0 Å². The van der Waals surface area contributed by atoms with Crippen LogP contribution in [0.4, 0.5) is 5.69 Å². The van der Waals surface area contributed by atoms with Gasteiger partial charge in [0.25, 0.3) is 0 Å². The summed E-state index contributed by atoms with van der Waals surface area (Å²) < 4.78 is 0. The number of benzene rings is 1. The highest BCUT2D eigenvalue weighted by molar-refractivity contribution is 7.12. The average Bonchev–Trinajstić information content (AvgIpc) is 3.04. The largest absolute Gasteiger partial charge is 0.369 e. The second-order valence-corrected chi connectivity index (χ2v) is 6.28. The first-order valence-corrected chi connectivity index (χ1v) is 7.75. The summed E-state index contributed by atoms with van der Waals surface area (Å²) in [5, 5.41) is 0. The number of nitrogens with two attached hydrogens (primary N) is 1. The highest BCUT2D eigenvalue weighted by atomic mass is 32.1. The first-order valence-electron chi connectivity index (χ1n) is 6.93. The number of aliphatic imine (C=N–C) groups is 1. The van der Waals surface area contributed by atoms with Crippen LogP contribution in [0.15, 0.2) is 41.4 Å². The molecule has 3 rings (SSSR count). The summed E-state index contributed by atoms with van der Waals surface area (Å²) in [6, 6.07) is 13.1. The van der Waals surface area contributed by atoms with Gasteiger partial charge < -0.3 is 10.6 Å². The molecule has 2 N–H and O–H groups in total. The highest BCUT2D eigenvalue weighted by Crippen LogP contribution is 2.35. The van der Waals surface area contributed by atoms with Crippen molar-refractivity contribution >= 4 is 23.0 Å². The van der Waals surface area contributed by atoms with E-state index in [9.17, 15) is 0 Å². The van der Waals surface area contributed by atoms with Crippen molar-refractivity contribution < 1.29 is 0 Å². The molecule has 0 amide bonds. The highest BCUT2D eigenvalue weighted by Gasteiger charge is 2.29. The third kappa shape index (κ3) is 2.31. The lowest BCUT2D eigenvalue weighted by Crippen LogP contribution is -2.35. The molecule has 2 heterocycles. The molecular formula is C16H19N3S. The molecule has 1 aliphatic rings. The fraction of sp³-hybridized carbons (Fsp3) is 0.312. The van der Waals surface area contributed by atoms with Crippen molar-refractivity contribution in [1.29, 1.82) is 0 Å². The molecule has 1 aromatic heterocycles. The normalized spacial score (nSPS) is 18.4. The number of hydrogen-bond acceptors (Lipinski definition) is 4. The van der Waals surface area contributed by atoms with Gasteiger partial charge in [0.15, 0.2) is 5.96 Å². The maximum Gasteiger partial charge on any atom is 0.196 e. The fourth-order valence-corrected chi connectivity index (χ4v) is 3.60. The van der Waals surface area contributed by atoms with Crippen LogP contribution in [0.5, 0.6) is 0 Å². The van der Waals surface area contributed by atoms with E-state index in [0.717, 1.165) is 18.7 Å². The zero-order valence-corrected chi connectivity index (χ0v) is 12.7. The molecule has 1 aliphatic heterocycles. The van der Waals surface area contributed by atoms with Gasteiger partial charge in [-0.1, -0.05) is 19.1 Å². The molecule has 0 saturated carbocycles. The number of hydrogen-bond donors (Lipinski definition) is 1. The molecule has 0 spiro atoms. The minimum Gasteiger partial charge on any atom is -0.369 e. The van der Waals surface area contributed by atoms with Crippen LogP contribution in [-0.4, -0.2) is 12.5 Å². The Morgan fingerprint density at radius 3 is 2.90 bits per heavy atom. The molecule has 0 bridgehead atoms. The maximum atomic E-state index is 6.11. The first kappa shape index (κ1) is 13.2. The lowest BCUT2D eigenvalue weighted by atomic mass is 10.1. The van der Waals surface area contributed by atoms with Crippen molar-refractivity contribution in [3.63, 3.8) is 0 Å². The van der Waals surface area contributed by atoms with Gasteiger partial charge in [-0.15, -0.1) is 11.3 Å². The van der Waals surface area contributed by atoms with E-state index in [-0.39, 0.29) is 6.04 Å². The van der Waals surface area contributed by atoms with Crippen LogP contribution in [-0.2, 0) is 6.42 Å². The van der Waals surface area contributed by atoms with Crippen LogP contribution in [0, 0.1) is 6.92 Å². The molecule has 4 heteroatoms. The summed E-state index contributed by atoms with van der Waals surface area (Å²) in [6.07, 6.45) is 1.08. The summed E-state index contributed by atoms with van der Waals surface area (Å²) >= 11 is 1.86. The van der Waals surface area contributed by atoms with Gasteiger partial charge in [0.2, 0.25) is 0 Å². The van der Waals surface area contributed by atoms with Crippen molar-refractivity contribution in [2.24, 2.45) is 10.7 Å². The topological polar surface area (TPSA) is 41.6 Å². The van der Waals surface area contributed by atoms with Gasteiger partial charge in [-0.05, 0) is 43.2 Å². The number of thiophene rings is 1. The van der Waals surface area contributed by atoms with E-state index >= 15 is 0 Å². The Kier molecular flexibility index (Phi) is 3.49. The van der Waals surface area contributed by atoms with Gasteiger partial charge in [0.1, 0.15) is 0 Å². The standard InChI is InChI=1S/C16H19N3S/c1-3-13-7-8-15(20-13)14-10-18-16(17)19(14)12-6-4-5-11(2)9-12/h4-9,14H,3,10H2,1-2H3,(H2,17,18). The second kappa shape index (κ2) is 5.29. The molecule has 0 radical (unpaired) electrons. The van der Waals surface area contributed by atoms with Crippen LogP contribution in [0.2, 0.25) is 0 Å². The Labute approximate surface area is 123 Å². The van der Waals surface area contributed by atoms with E-state index in [0.29, 0.717) is 5.96 Å². The van der Waals surface area contributed by atoms with Crippen molar-refractivity contribution in [2.75, 3.05) is 11.4 Å². The molecule has 0 fully saturated rings. The number of guanidine groups is 1. The van der Waals surface area contributed by atoms with Gasteiger partial charge in [-0.2, -0.15) is 0 Å². The molecule has 1 unspecified atom stereocenters. The zero-order valence-electron chi connectivity index (χ0n) is 11.8. The lowest BCUT2D eigenvalue weighted by molar-refractivity contribution is 0.784. The third-order valence-corrected chi connectivity index (χ3v) is 4.95. The fourth-order valence-electron chi connectivity index (χ4n) is 2.57. The van der Waals surface area contributed by atoms with Crippen molar-refractivity contribution in [1.82, 2.24) is 0 Å². The molecule has 104 valence electrons. The molecule has 3 nitrogen and oxygen atoms in total. The minimum absolute atomic E-state index is 0.238. The summed E-state index contributed by atoms with van der Waals surface area (Å²) in [4.78, 5) is 9.35. The molecule has 20 heavy (non-hydrogen) atoms. The Morgan fingerprint density at radius 1 is 1.35 bits per heavy atom. The number of aryl methyl sites for hydroxylation is 2. The van der Waals surface area contributed by atoms with Gasteiger partial charge >= 0.3 is 0 Å². The van der Waals surface area contributed by atoms with Gasteiger partial charge in [0.05, 0.1) is 12.6 Å². The maximum absolute atomic E-state index is 6.11. The van der Waals surface area contributed by atoms with Gasteiger partial charge in [0, 0.05) is 15.4 Å². The number of anilines is 1. The molecular weight excluding hydrogens is 266 g/mol. The van der Waals surface area contributed by atoms with Crippen molar-refractivity contribution in [2.45, 2.75) is 26.3 Å².